The van der Waals surface area contributed by atoms with E-state index in [0.29, 0.717) is 5.69 Å². The number of halogens is 1. The standard InChI is InChI=1S/C21H20IN3O4/c22-15-5-3-4-14(10-15)12-23-21(29)18(13-26)24-20(28)17-11-16(6-7-19(17)27)25-8-1-2-9-25/h1-11,18,26-27H,12-13H2,(H,23,29)(H,24,28). The zero-order chi connectivity index (χ0) is 20.8. The van der Waals surface area contributed by atoms with Crippen LogP contribution in [0.4, 0.5) is 0 Å². The van der Waals surface area contributed by atoms with Crippen LogP contribution in [-0.2, 0) is 11.3 Å². The van der Waals surface area contributed by atoms with Crippen molar-refractivity contribution < 1.29 is 19.8 Å². The number of nitrogens with zero attached hydrogens (tertiary/aromatic N) is 1. The first kappa shape index (κ1) is 20.9. The second-order valence-electron chi connectivity index (χ2n) is 6.35. The van der Waals surface area contributed by atoms with Crippen molar-refractivity contribution in [2.45, 2.75) is 12.6 Å². The van der Waals surface area contributed by atoms with E-state index in [1.807, 2.05) is 48.8 Å². The lowest BCUT2D eigenvalue weighted by Gasteiger charge is -2.17. The van der Waals surface area contributed by atoms with Gasteiger partial charge in [0, 0.05) is 28.2 Å². The number of aliphatic hydroxyl groups is 1. The molecule has 0 aliphatic rings. The zero-order valence-electron chi connectivity index (χ0n) is 15.4. The maximum Gasteiger partial charge on any atom is 0.255 e. The lowest BCUT2D eigenvalue weighted by atomic mass is 10.1. The molecule has 1 unspecified atom stereocenters. The Kier molecular flexibility index (Phi) is 6.89. The summed E-state index contributed by atoms with van der Waals surface area (Å²) in [5, 5.41) is 24.8. The van der Waals surface area contributed by atoms with Gasteiger partial charge in [-0.1, -0.05) is 12.1 Å². The summed E-state index contributed by atoms with van der Waals surface area (Å²) in [6.07, 6.45) is 3.62. The number of carbonyl (C=O) groups excluding carboxylic acids is 2. The summed E-state index contributed by atoms with van der Waals surface area (Å²) in [4.78, 5) is 25.0. The molecule has 7 nitrogen and oxygen atoms in total. The van der Waals surface area contributed by atoms with E-state index in [1.54, 1.807) is 10.6 Å². The zero-order valence-corrected chi connectivity index (χ0v) is 17.5. The van der Waals surface area contributed by atoms with E-state index >= 15 is 0 Å². The minimum Gasteiger partial charge on any atom is -0.507 e. The molecular weight excluding hydrogens is 485 g/mol. The molecule has 1 atom stereocenters. The minimum absolute atomic E-state index is 0.0139. The predicted octanol–water partition coefficient (Wildman–Crippen LogP) is 2.19. The third kappa shape index (κ3) is 5.36. The maximum atomic E-state index is 12.6. The predicted molar refractivity (Wildman–Crippen MR) is 117 cm³/mol. The van der Waals surface area contributed by atoms with Crippen LogP contribution in [-0.4, -0.2) is 39.2 Å². The molecule has 0 radical (unpaired) electrons. The fourth-order valence-corrected chi connectivity index (χ4v) is 3.37. The SMILES string of the molecule is O=C(NC(CO)C(=O)NCc1cccc(I)c1)c1cc(-n2cccc2)ccc1O. The van der Waals surface area contributed by atoms with Crippen molar-refractivity contribution in [1.82, 2.24) is 15.2 Å². The summed E-state index contributed by atoms with van der Waals surface area (Å²) < 4.78 is 2.83. The summed E-state index contributed by atoms with van der Waals surface area (Å²) in [7, 11) is 0. The van der Waals surface area contributed by atoms with Gasteiger partial charge in [-0.25, -0.2) is 0 Å². The molecular formula is C21H20IN3O4. The monoisotopic (exact) mass is 505 g/mol. The van der Waals surface area contributed by atoms with Gasteiger partial charge in [0.2, 0.25) is 5.91 Å². The number of amides is 2. The Balaban J connectivity index is 1.67. The second kappa shape index (κ2) is 9.57. The Morgan fingerprint density at radius 2 is 1.83 bits per heavy atom. The fraction of sp³-hybridized carbons (Fsp3) is 0.143. The molecule has 29 heavy (non-hydrogen) atoms. The molecule has 3 aromatic rings. The number of phenols is 1. The van der Waals surface area contributed by atoms with E-state index < -0.39 is 24.5 Å². The lowest BCUT2D eigenvalue weighted by Crippen LogP contribution is -2.48. The molecule has 4 N–H and O–H groups in total. The van der Waals surface area contributed by atoms with E-state index in [2.05, 4.69) is 33.2 Å². The molecule has 0 fully saturated rings. The number of aliphatic hydroxyl groups excluding tert-OH is 1. The number of hydrogen-bond donors (Lipinski definition) is 4. The van der Waals surface area contributed by atoms with Crippen molar-refractivity contribution in [3.63, 3.8) is 0 Å². The Bertz CT molecular complexity index is 1000. The average molecular weight is 505 g/mol. The largest absolute Gasteiger partial charge is 0.507 e. The molecule has 0 saturated carbocycles. The van der Waals surface area contributed by atoms with Gasteiger partial charge in [0.05, 0.1) is 12.2 Å². The van der Waals surface area contributed by atoms with Gasteiger partial charge in [0.15, 0.2) is 0 Å². The van der Waals surface area contributed by atoms with Gasteiger partial charge in [-0.2, -0.15) is 0 Å². The van der Waals surface area contributed by atoms with Gasteiger partial charge in [-0.15, -0.1) is 0 Å². The van der Waals surface area contributed by atoms with Gasteiger partial charge in [0.1, 0.15) is 11.8 Å². The molecule has 0 aliphatic carbocycles. The molecule has 150 valence electrons. The van der Waals surface area contributed by atoms with Crippen molar-refractivity contribution in [2.75, 3.05) is 6.61 Å². The smallest absolute Gasteiger partial charge is 0.255 e. The summed E-state index contributed by atoms with van der Waals surface area (Å²) in [5.41, 5.74) is 1.60. The van der Waals surface area contributed by atoms with Gasteiger partial charge < -0.3 is 25.4 Å². The van der Waals surface area contributed by atoms with Crippen LogP contribution in [0.5, 0.6) is 5.75 Å². The molecule has 2 amide bonds. The van der Waals surface area contributed by atoms with E-state index in [-0.39, 0.29) is 17.9 Å². The fourth-order valence-electron chi connectivity index (χ4n) is 2.76. The molecule has 0 saturated heterocycles. The third-order valence-electron chi connectivity index (χ3n) is 4.29. The highest BCUT2D eigenvalue weighted by Crippen LogP contribution is 2.21. The maximum absolute atomic E-state index is 12.6. The summed E-state index contributed by atoms with van der Waals surface area (Å²) in [6.45, 7) is -0.293. The van der Waals surface area contributed by atoms with Crippen molar-refractivity contribution in [3.8, 4) is 11.4 Å². The first-order valence-electron chi connectivity index (χ1n) is 8.88. The highest BCUT2D eigenvalue weighted by molar-refractivity contribution is 14.1. The highest BCUT2D eigenvalue weighted by atomic mass is 127. The normalized spacial score (nSPS) is 11.7. The number of hydrogen-bond acceptors (Lipinski definition) is 4. The lowest BCUT2D eigenvalue weighted by molar-refractivity contribution is -0.124. The van der Waals surface area contributed by atoms with Gasteiger partial charge >= 0.3 is 0 Å². The molecule has 3 rings (SSSR count). The number of phenolic OH excluding ortho intramolecular Hbond substituents is 1. The molecule has 0 aliphatic heterocycles. The Morgan fingerprint density at radius 1 is 1.07 bits per heavy atom. The van der Waals surface area contributed by atoms with Crippen LogP contribution in [0.2, 0.25) is 0 Å². The Hall–Kier alpha value is -2.85. The van der Waals surface area contributed by atoms with Gasteiger partial charge in [-0.3, -0.25) is 9.59 Å². The third-order valence-corrected chi connectivity index (χ3v) is 4.96. The van der Waals surface area contributed by atoms with Crippen LogP contribution in [0.3, 0.4) is 0 Å². The number of aromatic nitrogens is 1. The van der Waals surface area contributed by atoms with Gasteiger partial charge in [-0.05, 0) is 70.6 Å². The van der Waals surface area contributed by atoms with Crippen LogP contribution in [0.1, 0.15) is 15.9 Å². The molecule has 2 aromatic carbocycles. The molecule has 1 aromatic heterocycles. The number of carbonyl (C=O) groups is 2. The van der Waals surface area contributed by atoms with E-state index in [9.17, 15) is 19.8 Å². The summed E-state index contributed by atoms with van der Waals surface area (Å²) in [6, 6.07) is 14.8. The van der Waals surface area contributed by atoms with Crippen LogP contribution in [0.25, 0.3) is 5.69 Å². The first-order valence-corrected chi connectivity index (χ1v) is 9.96. The summed E-state index contributed by atoms with van der Waals surface area (Å²) in [5.74, 6) is -1.38. The van der Waals surface area contributed by atoms with Crippen LogP contribution in [0.15, 0.2) is 67.0 Å². The first-order chi connectivity index (χ1) is 14.0. The second-order valence-corrected chi connectivity index (χ2v) is 7.59. The van der Waals surface area contributed by atoms with Crippen molar-refractivity contribution in [3.05, 3.63) is 81.7 Å². The number of nitrogens with one attached hydrogen (secondary N) is 2. The number of aromatic hydroxyl groups is 1. The van der Waals surface area contributed by atoms with Crippen molar-refractivity contribution in [2.24, 2.45) is 0 Å². The number of rotatable bonds is 7. The molecule has 0 spiro atoms. The minimum atomic E-state index is -1.14. The number of benzene rings is 2. The van der Waals surface area contributed by atoms with Crippen LogP contribution < -0.4 is 10.6 Å². The average Bonchev–Trinajstić information content (AvgIpc) is 3.25. The Labute approximate surface area is 181 Å². The van der Waals surface area contributed by atoms with Crippen molar-refractivity contribution in [1.29, 1.82) is 0 Å². The molecule has 1 heterocycles. The summed E-state index contributed by atoms with van der Waals surface area (Å²) >= 11 is 2.18. The topological polar surface area (TPSA) is 104 Å². The van der Waals surface area contributed by atoms with E-state index in [1.165, 1.54) is 12.1 Å². The van der Waals surface area contributed by atoms with E-state index in [0.717, 1.165) is 9.13 Å². The van der Waals surface area contributed by atoms with Crippen molar-refractivity contribution >= 4 is 34.4 Å². The highest BCUT2D eigenvalue weighted by Gasteiger charge is 2.22. The van der Waals surface area contributed by atoms with Crippen LogP contribution in [0, 0.1) is 3.57 Å². The van der Waals surface area contributed by atoms with Gasteiger partial charge in [0.25, 0.3) is 5.91 Å². The Morgan fingerprint density at radius 3 is 2.52 bits per heavy atom. The van der Waals surface area contributed by atoms with E-state index in [4.69, 9.17) is 0 Å². The van der Waals surface area contributed by atoms with Crippen LogP contribution >= 0.6 is 22.6 Å². The molecule has 8 heteroatoms. The quantitative estimate of drug-likeness (QED) is 0.370. The molecule has 0 bridgehead atoms.